The normalized spacial score (nSPS) is 24.9. The second-order valence-electron chi connectivity index (χ2n) is 5.45. The molecule has 0 spiro atoms. The Morgan fingerprint density at radius 1 is 1.39 bits per heavy atom. The molecular weight excluding hydrogens is 238 g/mol. The molecule has 1 N–H and O–H groups in total. The van der Waals surface area contributed by atoms with E-state index in [2.05, 4.69) is 0 Å². The van der Waals surface area contributed by atoms with Gasteiger partial charge in [0.05, 0.1) is 6.04 Å². The number of nitrogens with zero attached hydrogens (tertiary/aromatic N) is 1. The van der Waals surface area contributed by atoms with E-state index in [-0.39, 0.29) is 18.7 Å². The van der Waals surface area contributed by atoms with Crippen LogP contribution in [0.15, 0.2) is 0 Å². The van der Waals surface area contributed by atoms with Gasteiger partial charge in [0, 0.05) is 13.0 Å². The lowest BCUT2D eigenvalue weighted by atomic mass is 9.89. The number of carboxylic acids is 1. The number of piperidine rings is 1. The summed E-state index contributed by atoms with van der Waals surface area (Å²) in [5.41, 5.74) is -0.642. The number of carboxylic acid groups (broad SMARTS) is 1. The molecule has 0 bridgehead atoms. The number of hydrogen-bond donors (Lipinski definition) is 1. The molecule has 1 rings (SSSR count). The summed E-state index contributed by atoms with van der Waals surface area (Å²) in [6, 6.07) is -0.682. The number of hydrogen-bond acceptors (Lipinski definition) is 4. The molecule has 1 saturated heterocycles. The standard InChI is InChI=1S/C12H19NO5/c1-7-9(10(15)16)8(14)5-6-13(7)11(17)18-12(2,3)4/h7,9H,5-6H2,1-4H3,(H,15,16). The summed E-state index contributed by atoms with van der Waals surface area (Å²) in [6.45, 7) is 6.97. The summed E-state index contributed by atoms with van der Waals surface area (Å²) >= 11 is 0. The minimum atomic E-state index is -1.19. The third-order valence-electron chi connectivity index (χ3n) is 2.81. The van der Waals surface area contributed by atoms with E-state index in [1.807, 2.05) is 0 Å². The number of rotatable bonds is 1. The lowest BCUT2D eigenvalue weighted by Crippen LogP contribution is -2.54. The topological polar surface area (TPSA) is 83.9 Å². The number of carbonyl (C=O) groups excluding carboxylic acids is 2. The van der Waals surface area contributed by atoms with Crippen molar-refractivity contribution in [1.82, 2.24) is 4.90 Å². The van der Waals surface area contributed by atoms with Crippen molar-refractivity contribution in [2.75, 3.05) is 6.54 Å². The van der Waals surface area contributed by atoms with Gasteiger partial charge in [-0.05, 0) is 27.7 Å². The highest BCUT2D eigenvalue weighted by molar-refractivity contribution is 6.00. The van der Waals surface area contributed by atoms with Crippen LogP contribution in [-0.2, 0) is 14.3 Å². The monoisotopic (exact) mass is 257 g/mol. The zero-order valence-corrected chi connectivity index (χ0v) is 11.1. The molecule has 2 atom stereocenters. The molecule has 0 radical (unpaired) electrons. The van der Waals surface area contributed by atoms with Crippen LogP contribution >= 0.6 is 0 Å². The highest BCUT2D eigenvalue weighted by Crippen LogP contribution is 2.23. The van der Waals surface area contributed by atoms with Crippen LogP contribution in [0.1, 0.15) is 34.1 Å². The third kappa shape index (κ3) is 3.21. The van der Waals surface area contributed by atoms with Gasteiger partial charge in [0.2, 0.25) is 0 Å². The molecule has 0 aromatic carbocycles. The zero-order valence-electron chi connectivity index (χ0n) is 11.1. The quantitative estimate of drug-likeness (QED) is 0.715. The van der Waals surface area contributed by atoms with Crippen LogP contribution in [0.4, 0.5) is 4.79 Å². The van der Waals surface area contributed by atoms with Crippen LogP contribution < -0.4 is 0 Å². The van der Waals surface area contributed by atoms with Crippen LogP contribution in [-0.4, -0.2) is 46.0 Å². The Bertz CT molecular complexity index is 371. The largest absolute Gasteiger partial charge is 0.481 e. The molecule has 1 heterocycles. The van der Waals surface area contributed by atoms with Crippen LogP contribution in [0.5, 0.6) is 0 Å². The SMILES string of the molecule is CC1C(C(=O)O)C(=O)CCN1C(=O)OC(C)(C)C. The fourth-order valence-electron chi connectivity index (χ4n) is 1.96. The van der Waals surface area contributed by atoms with Crippen molar-refractivity contribution in [1.29, 1.82) is 0 Å². The first-order valence-corrected chi connectivity index (χ1v) is 5.88. The van der Waals surface area contributed by atoms with E-state index in [0.29, 0.717) is 0 Å². The van der Waals surface area contributed by atoms with Crippen molar-refractivity contribution in [2.24, 2.45) is 5.92 Å². The second-order valence-corrected chi connectivity index (χ2v) is 5.45. The van der Waals surface area contributed by atoms with E-state index in [0.717, 1.165) is 0 Å². The predicted molar refractivity (Wildman–Crippen MR) is 63.2 cm³/mol. The summed E-state index contributed by atoms with van der Waals surface area (Å²) in [5, 5.41) is 9.01. The lowest BCUT2D eigenvalue weighted by Gasteiger charge is -2.37. The van der Waals surface area contributed by atoms with Crippen molar-refractivity contribution in [2.45, 2.75) is 45.8 Å². The molecule has 0 saturated carbocycles. The van der Waals surface area contributed by atoms with Crippen LogP contribution in [0, 0.1) is 5.92 Å². The van der Waals surface area contributed by atoms with E-state index in [4.69, 9.17) is 9.84 Å². The number of amides is 1. The first-order valence-electron chi connectivity index (χ1n) is 5.88. The molecule has 102 valence electrons. The van der Waals surface area contributed by atoms with E-state index in [9.17, 15) is 14.4 Å². The van der Waals surface area contributed by atoms with Crippen molar-refractivity contribution >= 4 is 17.8 Å². The van der Waals surface area contributed by atoms with Gasteiger partial charge in [0.1, 0.15) is 11.5 Å². The van der Waals surface area contributed by atoms with E-state index < -0.39 is 29.6 Å². The molecule has 6 heteroatoms. The van der Waals surface area contributed by atoms with E-state index in [1.165, 1.54) is 4.90 Å². The lowest BCUT2D eigenvalue weighted by molar-refractivity contribution is -0.150. The first-order chi connectivity index (χ1) is 8.13. The van der Waals surface area contributed by atoms with E-state index >= 15 is 0 Å². The summed E-state index contributed by atoms with van der Waals surface area (Å²) in [6.07, 6.45) is -0.519. The molecular formula is C12H19NO5. The maximum absolute atomic E-state index is 11.9. The third-order valence-corrected chi connectivity index (χ3v) is 2.81. The molecule has 6 nitrogen and oxygen atoms in total. The Morgan fingerprint density at radius 3 is 2.39 bits per heavy atom. The fourth-order valence-corrected chi connectivity index (χ4v) is 1.96. The van der Waals surface area contributed by atoms with Crippen LogP contribution in [0.3, 0.4) is 0 Å². The molecule has 1 aliphatic rings. The van der Waals surface area contributed by atoms with Gasteiger partial charge in [-0.15, -0.1) is 0 Å². The fraction of sp³-hybridized carbons (Fsp3) is 0.750. The van der Waals surface area contributed by atoms with Crippen molar-refractivity contribution < 1.29 is 24.2 Å². The number of likely N-dealkylation sites (tertiary alicyclic amines) is 1. The molecule has 1 aliphatic heterocycles. The maximum Gasteiger partial charge on any atom is 0.410 e. The summed E-state index contributed by atoms with van der Waals surface area (Å²) in [5.74, 6) is -2.69. The van der Waals surface area contributed by atoms with Crippen molar-refractivity contribution in [3.63, 3.8) is 0 Å². The van der Waals surface area contributed by atoms with Gasteiger partial charge >= 0.3 is 12.1 Å². The van der Waals surface area contributed by atoms with Gasteiger partial charge in [0.15, 0.2) is 5.78 Å². The van der Waals surface area contributed by atoms with Gasteiger partial charge < -0.3 is 14.7 Å². The maximum atomic E-state index is 11.9. The number of Topliss-reactive ketones (excluding diaryl/α,β-unsaturated/α-hetero) is 1. The zero-order chi connectivity index (χ0) is 14.1. The van der Waals surface area contributed by atoms with Gasteiger partial charge in [0.25, 0.3) is 0 Å². The molecule has 1 amide bonds. The molecule has 18 heavy (non-hydrogen) atoms. The predicted octanol–water partition coefficient (Wildman–Crippen LogP) is 1.29. The smallest absolute Gasteiger partial charge is 0.410 e. The average molecular weight is 257 g/mol. The highest BCUT2D eigenvalue weighted by Gasteiger charge is 2.42. The van der Waals surface area contributed by atoms with Gasteiger partial charge in [-0.2, -0.15) is 0 Å². The van der Waals surface area contributed by atoms with Gasteiger partial charge in [-0.25, -0.2) is 4.79 Å². The number of ketones is 1. The number of carbonyl (C=O) groups is 3. The summed E-state index contributed by atoms with van der Waals surface area (Å²) in [4.78, 5) is 35.8. The Hall–Kier alpha value is -1.59. The minimum absolute atomic E-state index is 0.0561. The van der Waals surface area contributed by atoms with Crippen LogP contribution in [0.25, 0.3) is 0 Å². The summed E-state index contributed by atoms with van der Waals surface area (Å²) < 4.78 is 5.19. The van der Waals surface area contributed by atoms with Crippen molar-refractivity contribution in [3.05, 3.63) is 0 Å². The molecule has 0 aromatic rings. The Morgan fingerprint density at radius 2 is 1.94 bits per heavy atom. The summed E-state index contributed by atoms with van der Waals surface area (Å²) in [7, 11) is 0. The molecule has 1 fully saturated rings. The highest BCUT2D eigenvalue weighted by atomic mass is 16.6. The Balaban J connectivity index is 2.82. The second kappa shape index (κ2) is 4.96. The van der Waals surface area contributed by atoms with Gasteiger partial charge in [-0.1, -0.05) is 0 Å². The minimum Gasteiger partial charge on any atom is -0.481 e. The van der Waals surface area contributed by atoms with Crippen molar-refractivity contribution in [3.8, 4) is 0 Å². The average Bonchev–Trinajstić information content (AvgIpc) is 2.13. The molecule has 0 aliphatic carbocycles. The molecule has 2 unspecified atom stereocenters. The molecule has 0 aromatic heterocycles. The van der Waals surface area contributed by atoms with E-state index in [1.54, 1.807) is 27.7 Å². The number of aliphatic carboxylic acids is 1. The van der Waals surface area contributed by atoms with Crippen LogP contribution in [0.2, 0.25) is 0 Å². The van der Waals surface area contributed by atoms with Gasteiger partial charge in [-0.3, -0.25) is 9.59 Å². The Kier molecular flexibility index (Phi) is 3.98. The Labute approximate surface area is 106 Å². The first kappa shape index (κ1) is 14.5. The number of ether oxygens (including phenoxy) is 1.